The molecule has 7 heavy (non-hydrogen) atoms. The highest BCUT2D eigenvalue weighted by Crippen LogP contribution is 1.94. The van der Waals surface area contributed by atoms with Crippen molar-refractivity contribution in [2.75, 3.05) is 0 Å². The minimum Gasteiger partial charge on any atom is -0.288 e. The van der Waals surface area contributed by atoms with Gasteiger partial charge in [-0.2, -0.15) is 0 Å². The molecule has 0 aromatic carbocycles. The van der Waals surface area contributed by atoms with Crippen molar-refractivity contribution in [2.45, 2.75) is 19.8 Å². The van der Waals surface area contributed by atoms with Gasteiger partial charge in [-0.05, 0) is 29.0 Å². The van der Waals surface area contributed by atoms with Crippen LogP contribution in [0.5, 0.6) is 0 Å². The molecule has 0 saturated heterocycles. The SMILES string of the molecule is CCCC(=O)I.[MgH2]. The molecule has 3 heteroatoms. The van der Waals surface area contributed by atoms with Crippen molar-refractivity contribution in [1.29, 1.82) is 0 Å². The average Bonchev–Trinajstić information content (AvgIpc) is 1.35. The van der Waals surface area contributed by atoms with Crippen LogP contribution in [0.25, 0.3) is 0 Å². The highest BCUT2D eigenvalue weighted by molar-refractivity contribution is 14.1. The van der Waals surface area contributed by atoms with Gasteiger partial charge in [-0.3, -0.25) is 4.79 Å². The smallest absolute Gasteiger partial charge is 0.288 e. The lowest BCUT2D eigenvalue weighted by Crippen LogP contribution is -1.78. The Morgan fingerprint density at radius 3 is 2.14 bits per heavy atom. The third-order valence-corrected chi connectivity index (χ3v) is 0.986. The molecule has 0 N–H and O–H groups in total. The zero-order valence-electron chi connectivity index (χ0n) is 3.70. The second kappa shape index (κ2) is 7.17. The van der Waals surface area contributed by atoms with Crippen molar-refractivity contribution in [1.82, 2.24) is 0 Å². The first-order valence-electron chi connectivity index (χ1n) is 1.95. The van der Waals surface area contributed by atoms with Gasteiger partial charge in [-0.15, -0.1) is 0 Å². The molecular formula is C4H9IMgO. The van der Waals surface area contributed by atoms with Crippen molar-refractivity contribution in [3.63, 3.8) is 0 Å². The maximum atomic E-state index is 10.0. The van der Waals surface area contributed by atoms with Gasteiger partial charge >= 0.3 is 23.1 Å². The van der Waals surface area contributed by atoms with Crippen LogP contribution in [0.2, 0.25) is 0 Å². The van der Waals surface area contributed by atoms with Gasteiger partial charge in [-0.25, -0.2) is 0 Å². The number of halogens is 1. The molecule has 0 radical (unpaired) electrons. The van der Waals surface area contributed by atoms with Crippen molar-refractivity contribution in [3.8, 4) is 0 Å². The van der Waals surface area contributed by atoms with E-state index >= 15 is 0 Å². The molecule has 0 aliphatic rings. The summed E-state index contributed by atoms with van der Waals surface area (Å²) in [6.07, 6.45) is 1.70. The summed E-state index contributed by atoms with van der Waals surface area (Å²) in [4.78, 5) is 10.0. The molecule has 0 heterocycles. The maximum absolute atomic E-state index is 10.0. The molecule has 1 nitrogen and oxygen atoms in total. The highest BCUT2D eigenvalue weighted by Gasteiger charge is 1.86. The lowest BCUT2D eigenvalue weighted by molar-refractivity contribution is -0.109. The summed E-state index contributed by atoms with van der Waals surface area (Å²) in [6.45, 7) is 2.00. The van der Waals surface area contributed by atoms with E-state index in [9.17, 15) is 4.79 Å². The molecule has 0 aliphatic carbocycles. The zero-order chi connectivity index (χ0) is 4.99. The summed E-state index contributed by atoms with van der Waals surface area (Å²) in [7, 11) is 0. The van der Waals surface area contributed by atoms with Crippen LogP contribution in [-0.4, -0.2) is 26.8 Å². The van der Waals surface area contributed by atoms with E-state index in [0.717, 1.165) is 12.8 Å². The van der Waals surface area contributed by atoms with Crippen LogP contribution in [0, 0.1) is 0 Å². The lowest BCUT2D eigenvalue weighted by Gasteiger charge is -1.78. The molecule has 0 rings (SSSR count). The van der Waals surface area contributed by atoms with Gasteiger partial charge in [0.25, 0.3) is 0 Å². The minimum absolute atomic E-state index is 0. The van der Waals surface area contributed by atoms with Crippen molar-refractivity contribution in [2.24, 2.45) is 0 Å². The molecule has 0 amide bonds. The predicted molar refractivity (Wildman–Crippen MR) is 42.5 cm³/mol. The lowest BCUT2D eigenvalue weighted by atomic mass is 10.4. The summed E-state index contributed by atoms with van der Waals surface area (Å²) in [5.41, 5.74) is 0. The van der Waals surface area contributed by atoms with Crippen LogP contribution < -0.4 is 0 Å². The average molecular weight is 224 g/mol. The summed E-state index contributed by atoms with van der Waals surface area (Å²) < 4.78 is 0.259. The summed E-state index contributed by atoms with van der Waals surface area (Å²) >= 11 is 1.80. The fourth-order valence-electron chi connectivity index (χ4n) is 0.197. The fraction of sp³-hybridized carbons (Fsp3) is 0.750. The third kappa shape index (κ3) is 11.0. The first-order valence-corrected chi connectivity index (χ1v) is 3.03. The molecule has 0 aliphatic heterocycles. The Hall–Kier alpha value is 1.17. The zero-order valence-corrected chi connectivity index (χ0v) is 5.86. The number of rotatable bonds is 2. The molecule has 0 atom stereocenters. The van der Waals surface area contributed by atoms with E-state index in [4.69, 9.17) is 0 Å². The van der Waals surface area contributed by atoms with Crippen molar-refractivity contribution >= 4 is 49.4 Å². The van der Waals surface area contributed by atoms with Gasteiger partial charge in [0.2, 0.25) is 0 Å². The molecule has 0 aromatic heterocycles. The summed E-state index contributed by atoms with van der Waals surface area (Å²) in [6, 6.07) is 0. The van der Waals surface area contributed by atoms with Crippen LogP contribution in [0.3, 0.4) is 0 Å². The molecule has 0 aromatic rings. The van der Waals surface area contributed by atoms with Crippen LogP contribution in [0.15, 0.2) is 0 Å². The number of hydrogen-bond donors (Lipinski definition) is 0. The van der Waals surface area contributed by atoms with E-state index in [0.29, 0.717) is 0 Å². The minimum atomic E-state index is 0. The normalized spacial score (nSPS) is 7.14. The summed E-state index contributed by atoms with van der Waals surface area (Å²) in [5.74, 6) is 0. The standard InChI is InChI=1S/C4H7IO.Mg.2H/c1-2-3-4(5)6;;;/h2-3H2,1H3;;;. The van der Waals surface area contributed by atoms with Gasteiger partial charge < -0.3 is 0 Å². The van der Waals surface area contributed by atoms with Gasteiger partial charge in [0, 0.05) is 6.42 Å². The van der Waals surface area contributed by atoms with Crippen LogP contribution in [0.1, 0.15) is 19.8 Å². The van der Waals surface area contributed by atoms with Gasteiger partial charge in [0.1, 0.15) is 0 Å². The Labute approximate surface area is 73.5 Å². The molecule has 0 bridgehead atoms. The molecule has 0 saturated carbocycles. The Kier molecular flexibility index (Phi) is 11.3. The summed E-state index contributed by atoms with van der Waals surface area (Å²) in [5, 5.41) is 0. The maximum Gasteiger partial charge on any atom is 0.316 e. The van der Waals surface area contributed by atoms with E-state index in [2.05, 4.69) is 0 Å². The van der Waals surface area contributed by atoms with Gasteiger partial charge in [-0.1, -0.05) is 6.92 Å². The topological polar surface area (TPSA) is 17.1 Å². The number of carbonyl (C=O) groups excluding carboxylic acids is 1. The quantitative estimate of drug-likeness (QED) is 0.386. The van der Waals surface area contributed by atoms with Crippen LogP contribution in [0.4, 0.5) is 0 Å². The Morgan fingerprint density at radius 2 is 2.14 bits per heavy atom. The highest BCUT2D eigenvalue weighted by atomic mass is 127. The number of hydrogen-bond acceptors (Lipinski definition) is 1. The Balaban J connectivity index is 0. The molecule has 0 fully saturated rings. The van der Waals surface area contributed by atoms with Gasteiger partial charge in [0.05, 0.1) is 0 Å². The fourth-order valence-corrected chi connectivity index (χ4v) is 0.736. The van der Waals surface area contributed by atoms with E-state index in [-0.39, 0.29) is 26.8 Å². The van der Waals surface area contributed by atoms with E-state index in [1.54, 1.807) is 22.6 Å². The molecular weight excluding hydrogens is 215 g/mol. The van der Waals surface area contributed by atoms with Crippen LogP contribution in [-0.2, 0) is 4.79 Å². The third-order valence-electron chi connectivity index (χ3n) is 0.447. The first kappa shape index (κ1) is 11.0. The van der Waals surface area contributed by atoms with E-state index in [1.807, 2.05) is 6.92 Å². The molecule has 40 valence electrons. The molecule has 0 unspecified atom stereocenters. The predicted octanol–water partition coefficient (Wildman–Crippen LogP) is 0.832. The van der Waals surface area contributed by atoms with Crippen molar-refractivity contribution in [3.05, 3.63) is 0 Å². The van der Waals surface area contributed by atoms with Crippen LogP contribution >= 0.6 is 22.6 Å². The number of carbonyl (C=O) groups is 1. The second-order valence-electron chi connectivity index (χ2n) is 1.11. The second-order valence-corrected chi connectivity index (χ2v) is 2.31. The van der Waals surface area contributed by atoms with Crippen molar-refractivity contribution < 1.29 is 4.79 Å². The van der Waals surface area contributed by atoms with E-state index < -0.39 is 0 Å². The first-order chi connectivity index (χ1) is 2.77. The van der Waals surface area contributed by atoms with Gasteiger partial charge in [0.15, 0.2) is 3.79 Å². The molecule has 0 spiro atoms. The van der Waals surface area contributed by atoms with E-state index in [1.165, 1.54) is 0 Å². The Bertz CT molecular complexity index is 55.7. The largest absolute Gasteiger partial charge is 0.316 e. The monoisotopic (exact) mass is 224 g/mol. The Morgan fingerprint density at radius 1 is 1.71 bits per heavy atom.